The predicted octanol–water partition coefficient (Wildman–Crippen LogP) is 1.60. The molecule has 0 aromatic heterocycles. The summed E-state index contributed by atoms with van der Waals surface area (Å²) >= 11 is 0. The zero-order valence-electron chi connectivity index (χ0n) is 8.05. The van der Waals surface area contributed by atoms with E-state index in [1.165, 1.54) is 11.0 Å². The molecule has 0 aliphatic carbocycles. The molecule has 0 saturated heterocycles. The van der Waals surface area contributed by atoms with Gasteiger partial charge in [-0.3, -0.25) is 4.79 Å². The topological polar surface area (TPSA) is 20.3 Å². The molecule has 4 heteroatoms. The van der Waals surface area contributed by atoms with Crippen molar-refractivity contribution in [1.29, 1.82) is 0 Å². The number of rotatable bonds is 2. The Hall–Kier alpha value is -1.45. The molecule has 0 aliphatic rings. The fourth-order valence-electron chi connectivity index (χ4n) is 0.982. The molecule has 0 heterocycles. The van der Waals surface area contributed by atoms with Crippen LogP contribution in [0.2, 0.25) is 0 Å². The summed E-state index contributed by atoms with van der Waals surface area (Å²) in [5.74, 6) is -1.96. The van der Waals surface area contributed by atoms with Gasteiger partial charge in [-0.2, -0.15) is 0 Å². The molecule has 1 rings (SSSR count). The Bertz CT molecular complexity index is 350. The fourth-order valence-corrected chi connectivity index (χ4v) is 0.982. The molecule has 1 aromatic carbocycles. The number of benzene rings is 1. The number of halogens is 2. The van der Waals surface area contributed by atoms with Crippen LogP contribution in [0.1, 0.15) is 5.56 Å². The Morgan fingerprint density at radius 3 is 2.43 bits per heavy atom. The normalized spacial score (nSPS) is 10.0. The maximum absolute atomic E-state index is 12.7. The van der Waals surface area contributed by atoms with E-state index < -0.39 is 11.6 Å². The van der Waals surface area contributed by atoms with E-state index >= 15 is 0 Å². The van der Waals surface area contributed by atoms with Gasteiger partial charge in [-0.25, -0.2) is 8.78 Å². The maximum atomic E-state index is 12.7. The molecule has 0 spiro atoms. The van der Waals surface area contributed by atoms with Gasteiger partial charge in [-0.15, -0.1) is 0 Å². The van der Waals surface area contributed by atoms with Gasteiger partial charge in [0.2, 0.25) is 5.91 Å². The standard InChI is InChI=1S/C10H11F2NO/c1-13(2)10(14)6-7-3-4-8(11)9(12)5-7/h3-5H,6H2,1-2H3. The average Bonchev–Trinajstić information content (AvgIpc) is 2.11. The SMILES string of the molecule is CN(C)C(=O)Cc1ccc(F)c(F)c1. The summed E-state index contributed by atoms with van der Waals surface area (Å²) in [6.07, 6.45) is 0.0875. The number of hydrogen-bond acceptors (Lipinski definition) is 1. The Balaban J connectivity index is 2.78. The Kier molecular flexibility index (Phi) is 3.17. The van der Waals surface area contributed by atoms with Crippen LogP contribution in [0.15, 0.2) is 18.2 Å². The van der Waals surface area contributed by atoms with E-state index in [1.54, 1.807) is 14.1 Å². The van der Waals surface area contributed by atoms with Gasteiger partial charge in [0.1, 0.15) is 0 Å². The molecule has 0 fully saturated rings. The zero-order valence-corrected chi connectivity index (χ0v) is 8.05. The van der Waals surface area contributed by atoms with Crippen molar-refractivity contribution in [3.05, 3.63) is 35.4 Å². The van der Waals surface area contributed by atoms with Gasteiger partial charge in [-0.1, -0.05) is 6.07 Å². The third kappa shape index (κ3) is 2.52. The molecular formula is C10H11F2NO. The number of hydrogen-bond donors (Lipinski definition) is 0. The summed E-state index contributed by atoms with van der Waals surface area (Å²) in [6, 6.07) is 3.46. The van der Waals surface area contributed by atoms with Gasteiger partial charge in [0, 0.05) is 14.1 Å². The summed E-state index contributed by atoms with van der Waals surface area (Å²) in [5.41, 5.74) is 0.475. The van der Waals surface area contributed by atoms with Crippen molar-refractivity contribution >= 4 is 5.91 Å². The number of carbonyl (C=O) groups excluding carboxylic acids is 1. The first kappa shape index (κ1) is 10.6. The highest BCUT2D eigenvalue weighted by atomic mass is 19.2. The first-order valence-corrected chi connectivity index (χ1v) is 4.15. The smallest absolute Gasteiger partial charge is 0.226 e. The van der Waals surface area contributed by atoms with E-state index in [4.69, 9.17) is 0 Å². The molecule has 14 heavy (non-hydrogen) atoms. The van der Waals surface area contributed by atoms with Crippen molar-refractivity contribution in [3.63, 3.8) is 0 Å². The predicted molar refractivity (Wildman–Crippen MR) is 48.8 cm³/mol. The molecule has 0 N–H and O–H groups in total. The third-order valence-corrected chi connectivity index (χ3v) is 1.84. The van der Waals surface area contributed by atoms with E-state index in [1.807, 2.05) is 0 Å². The summed E-state index contributed by atoms with van der Waals surface area (Å²) in [7, 11) is 3.23. The molecule has 0 atom stereocenters. The van der Waals surface area contributed by atoms with Gasteiger partial charge < -0.3 is 4.90 Å². The second-order valence-corrected chi connectivity index (χ2v) is 3.21. The van der Waals surface area contributed by atoms with Crippen molar-refractivity contribution < 1.29 is 13.6 Å². The van der Waals surface area contributed by atoms with Gasteiger partial charge in [-0.05, 0) is 17.7 Å². The van der Waals surface area contributed by atoms with Crippen molar-refractivity contribution in [2.45, 2.75) is 6.42 Å². The van der Waals surface area contributed by atoms with Crippen molar-refractivity contribution in [3.8, 4) is 0 Å². The second kappa shape index (κ2) is 4.17. The van der Waals surface area contributed by atoms with Crippen molar-refractivity contribution in [1.82, 2.24) is 4.90 Å². The van der Waals surface area contributed by atoms with Crippen LogP contribution in [0.4, 0.5) is 8.78 Å². The van der Waals surface area contributed by atoms with Gasteiger partial charge in [0.05, 0.1) is 6.42 Å². The van der Waals surface area contributed by atoms with Crippen LogP contribution in [-0.2, 0) is 11.2 Å². The molecular weight excluding hydrogens is 188 g/mol. The maximum Gasteiger partial charge on any atom is 0.226 e. The van der Waals surface area contributed by atoms with Crippen LogP contribution in [0, 0.1) is 11.6 Å². The Labute approximate surface area is 81.1 Å². The van der Waals surface area contributed by atoms with Crippen LogP contribution in [0.5, 0.6) is 0 Å². The first-order valence-electron chi connectivity index (χ1n) is 4.15. The number of amides is 1. The summed E-state index contributed by atoms with van der Waals surface area (Å²) in [5, 5.41) is 0. The van der Waals surface area contributed by atoms with E-state index in [2.05, 4.69) is 0 Å². The molecule has 0 saturated carbocycles. The average molecular weight is 199 g/mol. The molecule has 0 aliphatic heterocycles. The van der Waals surface area contributed by atoms with Crippen molar-refractivity contribution in [2.24, 2.45) is 0 Å². The zero-order chi connectivity index (χ0) is 10.7. The number of carbonyl (C=O) groups is 1. The molecule has 0 radical (unpaired) electrons. The van der Waals surface area contributed by atoms with Crippen LogP contribution in [0.3, 0.4) is 0 Å². The highest BCUT2D eigenvalue weighted by molar-refractivity contribution is 5.78. The summed E-state index contributed by atoms with van der Waals surface area (Å²) in [6.45, 7) is 0. The highest BCUT2D eigenvalue weighted by Crippen LogP contribution is 2.09. The number of nitrogens with zero attached hydrogens (tertiary/aromatic N) is 1. The van der Waals surface area contributed by atoms with E-state index in [0.29, 0.717) is 5.56 Å². The molecule has 2 nitrogen and oxygen atoms in total. The molecule has 1 amide bonds. The summed E-state index contributed by atoms with van der Waals surface area (Å²) in [4.78, 5) is 12.6. The second-order valence-electron chi connectivity index (χ2n) is 3.21. The summed E-state index contributed by atoms with van der Waals surface area (Å²) < 4.78 is 25.3. The monoisotopic (exact) mass is 199 g/mol. The van der Waals surface area contributed by atoms with Crippen LogP contribution >= 0.6 is 0 Å². The Morgan fingerprint density at radius 2 is 1.93 bits per heavy atom. The van der Waals surface area contributed by atoms with Crippen LogP contribution < -0.4 is 0 Å². The largest absolute Gasteiger partial charge is 0.349 e. The minimum absolute atomic E-state index is 0.0875. The molecule has 76 valence electrons. The van der Waals surface area contributed by atoms with Gasteiger partial charge in [0.25, 0.3) is 0 Å². The minimum atomic E-state index is -0.922. The molecule has 0 bridgehead atoms. The highest BCUT2D eigenvalue weighted by Gasteiger charge is 2.08. The molecule has 1 aromatic rings. The van der Waals surface area contributed by atoms with Crippen LogP contribution in [0.25, 0.3) is 0 Å². The third-order valence-electron chi connectivity index (χ3n) is 1.84. The lowest BCUT2D eigenvalue weighted by Crippen LogP contribution is -2.23. The lowest BCUT2D eigenvalue weighted by atomic mass is 10.1. The fraction of sp³-hybridized carbons (Fsp3) is 0.300. The van der Waals surface area contributed by atoms with E-state index in [-0.39, 0.29) is 12.3 Å². The number of likely N-dealkylation sites (N-methyl/N-ethyl adjacent to an activating group) is 1. The van der Waals surface area contributed by atoms with E-state index in [9.17, 15) is 13.6 Å². The Morgan fingerprint density at radius 1 is 1.29 bits per heavy atom. The van der Waals surface area contributed by atoms with E-state index in [0.717, 1.165) is 12.1 Å². The quantitative estimate of drug-likeness (QED) is 0.708. The van der Waals surface area contributed by atoms with Crippen molar-refractivity contribution in [2.75, 3.05) is 14.1 Å². The van der Waals surface area contributed by atoms with Gasteiger partial charge in [0.15, 0.2) is 11.6 Å². The van der Waals surface area contributed by atoms with Gasteiger partial charge >= 0.3 is 0 Å². The lowest BCUT2D eigenvalue weighted by Gasteiger charge is -2.09. The molecule has 0 unspecified atom stereocenters. The van der Waals surface area contributed by atoms with Crippen LogP contribution in [-0.4, -0.2) is 24.9 Å². The minimum Gasteiger partial charge on any atom is -0.349 e. The first-order chi connectivity index (χ1) is 6.50. The lowest BCUT2D eigenvalue weighted by molar-refractivity contribution is -0.127.